The number of allylic oxidation sites excluding steroid dienone is 3. The second kappa shape index (κ2) is 11.1. The third-order valence-electron chi connectivity index (χ3n) is 5.92. The van der Waals surface area contributed by atoms with E-state index in [1.54, 1.807) is 54.2 Å². The fraction of sp³-hybridized carbons (Fsp3) is 0.0645. The number of benzene rings is 4. The van der Waals surface area contributed by atoms with E-state index in [1.165, 1.54) is 24.3 Å². The molecule has 5 rings (SSSR count). The molecule has 0 amide bonds. The molecule has 0 aromatic heterocycles. The van der Waals surface area contributed by atoms with E-state index in [0.29, 0.717) is 12.0 Å². The van der Waals surface area contributed by atoms with Gasteiger partial charge in [-0.3, -0.25) is 4.79 Å². The largest absolute Gasteiger partial charge is 0.292 e. The fourth-order valence-electron chi connectivity index (χ4n) is 4.00. The van der Waals surface area contributed by atoms with E-state index in [1.807, 2.05) is 42.5 Å². The SMILES string of the molecule is O=C(c1ccccc1)C1(Cl)C=CC(Sc2ccc([S+](c3ccc(F)cc3)c3ccc(F)cc3)cc2)=CC1. The minimum Gasteiger partial charge on any atom is -0.292 e. The van der Waals surface area contributed by atoms with Crippen LogP contribution in [0.1, 0.15) is 16.8 Å². The van der Waals surface area contributed by atoms with E-state index >= 15 is 0 Å². The number of ketones is 1. The third kappa shape index (κ3) is 5.90. The average molecular weight is 548 g/mol. The molecular weight excluding hydrogens is 526 g/mol. The summed E-state index contributed by atoms with van der Waals surface area (Å²) in [5.74, 6) is -0.693. The third-order valence-corrected chi connectivity index (χ3v) is 9.65. The van der Waals surface area contributed by atoms with Crippen molar-refractivity contribution in [1.29, 1.82) is 0 Å². The van der Waals surface area contributed by atoms with Crippen molar-refractivity contribution in [2.24, 2.45) is 0 Å². The molecule has 0 saturated heterocycles. The van der Waals surface area contributed by atoms with Crippen molar-refractivity contribution in [3.63, 3.8) is 0 Å². The zero-order valence-electron chi connectivity index (χ0n) is 19.6. The van der Waals surface area contributed by atoms with Gasteiger partial charge in [0.15, 0.2) is 20.5 Å². The lowest BCUT2D eigenvalue weighted by Crippen LogP contribution is -2.31. The van der Waals surface area contributed by atoms with Gasteiger partial charge in [-0.05, 0) is 79.2 Å². The van der Waals surface area contributed by atoms with Crippen LogP contribution < -0.4 is 0 Å². The molecule has 1 unspecified atom stereocenters. The van der Waals surface area contributed by atoms with E-state index in [-0.39, 0.29) is 17.4 Å². The van der Waals surface area contributed by atoms with Gasteiger partial charge >= 0.3 is 0 Å². The minimum atomic E-state index is -1.08. The number of carbonyl (C=O) groups excluding carboxylic acids is 1. The molecule has 1 aliphatic carbocycles. The minimum absolute atomic E-state index is 0.107. The van der Waals surface area contributed by atoms with Crippen LogP contribution in [0.2, 0.25) is 0 Å². The number of thioether (sulfide) groups is 1. The molecule has 37 heavy (non-hydrogen) atoms. The van der Waals surface area contributed by atoms with Gasteiger partial charge in [-0.2, -0.15) is 0 Å². The molecule has 1 aliphatic rings. The Hall–Kier alpha value is -3.12. The van der Waals surface area contributed by atoms with E-state index in [2.05, 4.69) is 12.1 Å². The second-order valence-electron chi connectivity index (χ2n) is 8.49. The Kier molecular flexibility index (Phi) is 7.65. The van der Waals surface area contributed by atoms with Crippen molar-refractivity contribution in [3.8, 4) is 0 Å². The molecule has 4 aromatic carbocycles. The van der Waals surface area contributed by atoms with Crippen LogP contribution in [0, 0.1) is 11.6 Å². The molecule has 0 bridgehead atoms. The molecule has 0 spiro atoms. The molecule has 1 atom stereocenters. The maximum atomic E-state index is 13.6. The van der Waals surface area contributed by atoms with Crippen molar-refractivity contribution in [2.75, 3.05) is 0 Å². The van der Waals surface area contributed by atoms with Crippen LogP contribution in [0.5, 0.6) is 0 Å². The first-order valence-electron chi connectivity index (χ1n) is 11.6. The molecule has 0 N–H and O–H groups in total. The number of hydrogen-bond acceptors (Lipinski definition) is 2. The summed E-state index contributed by atoms with van der Waals surface area (Å²) in [5.41, 5.74) is 0.597. The highest BCUT2D eigenvalue weighted by molar-refractivity contribution is 8.03. The molecule has 4 aromatic rings. The molecule has 0 saturated carbocycles. The Morgan fingerprint density at radius 2 is 1.27 bits per heavy atom. The maximum Gasteiger partial charge on any atom is 0.187 e. The van der Waals surface area contributed by atoms with Gasteiger partial charge in [-0.1, -0.05) is 60.3 Å². The fourth-order valence-corrected chi connectivity index (χ4v) is 7.14. The smallest absolute Gasteiger partial charge is 0.187 e. The van der Waals surface area contributed by atoms with Gasteiger partial charge in [-0.25, -0.2) is 8.78 Å². The zero-order chi connectivity index (χ0) is 25.8. The van der Waals surface area contributed by atoms with E-state index in [4.69, 9.17) is 11.6 Å². The molecule has 1 nitrogen and oxygen atoms in total. The topological polar surface area (TPSA) is 17.1 Å². The lowest BCUT2D eigenvalue weighted by atomic mass is 9.91. The van der Waals surface area contributed by atoms with E-state index in [0.717, 1.165) is 24.5 Å². The zero-order valence-corrected chi connectivity index (χ0v) is 22.0. The normalized spacial score (nSPS) is 17.0. The Labute approximate surface area is 227 Å². The van der Waals surface area contributed by atoms with Gasteiger partial charge in [0.05, 0.1) is 10.9 Å². The van der Waals surface area contributed by atoms with Crippen molar-refractivity contribution in [1.82, 2.24) is 0 Å². The summed E-state index contributed by atoms with van der Waals surface area (Å²) >= 11 is 8.28. The Bertz CT molecular complexity index is 1400. The predicted molar refractivity (Wildman–Crippen MR) is 148 cm³/mol. The van der Waals surface area contributed by atoms with Gasteiger partial charge in [0.25, 0.3) is 0 Å². The van der Waals surface area contributed by atoms with Crippen LogP contribution in [0.3, 0.4) is 0 Å². The number of hydrogen-bond donors (Lipinski definition) is 0. The molecular formula is C31H22ClF2OS2+. The Morgan fingerprint density at radius 1 is 0.757 bits per heavy atom. The number of rotatable bonds is 7. The standard InChI is InChI=1S/C31H22ClF2OS2/c32-31(30(35)22-4-2-1-3-5-22)20-18-26(19-21-31)36-25-10-16-29(17-11-25)37(27-12-6-23(33)7-13-27)28-14-8-24(34)9-15-28/h1-20H,21H2/q+1. The highest BCUT2D eigenvalue weighted by atomic mass is 35.5. The predicted octanol–water partition coefficient (Wildman–Crippen LogP) is 8.86. The van der Waals surface area contributed by atoms with Gasteiger partial charge in [-0.15, -0.1) is 11.6 Å². The average Bonchev–Trinajstić information content (AvgIpc) is 2.93. The van der Waals surface area contributed by atoms with Gasteiger partial charge in [0.2, 0.25) is 0 Å². The maximum absolute atomic E-state index is 13.6. The van der Waals surface area contributed by atoms with Crippen LogP contribution in [0.25, 0.3) is 0 Å². The summed E-state index contributed by atoms with van der Waals surface area (Å²) in [6.07, 6.45) is 6.09. The molecule has 184 valence electrons. The van der Waals surface area contributed by atoms with Gasteiger partial charge in [0, 0.05) is 15.4 Å². The van der Waals surface area contributed by atoms with E-state index in [9.17, 15) is 13.6 Å². The first kappa shape index (κ1) is 25.5. The first-order valence-corrected chi connectivity index (χ1v) is 14.0. The Morgan fingerprint density at radius 3 is 1.76 bits per heavy atom. The number of halogens is 3. The molecule has 0 heterocycles. The highest BCUT2D eigenvalue weighted by Crippen LogP contribution is 2.38. The summed E-state index contributed by atoms with van der Waals surface area (Å²) in [7, 11) is -0.506. The van der Waals surface area contributed by atoms with Crippen LogP contribution in [-0.2, 0) is 10.9 Å². The van der Waals surface area contributed by atoms with Crippen molar-refractivity contribution >= 4 is 40.0 Å². The monoisotopic (exact) mass is 547 g/mol. The molecule has 0 radical (unpaired) electrons. The van der Waals surface area contributed by atoms with Crippen LogP contribution >= 0.6 is 23.4 Å². The van der Waals surface area contributed by atoms with Crippen LogP contribution in [-0.4, -0.2) is 10.7 Å². The van der Waals surface area contributed by atoms with Crippen LogP contribution in [0.15, 0.2) is 146 Å². The second-order valence-corrected chi connectivity index (χ2v) is 12.3. The van der Waals surface area contributed by atoms with Crippen molar-refractivity contribution < 1.29 is 13.6 Å². The molecule has 6 heteroatoms. The lowest BCUT2D eigenvalue weighted by Gasteiger charge is -2.24. The van der Waals surface area contributed by atoms with E-state index < -0.39 is 15.8 Å². The number of carbonyl (C=O) groups is 1. The highest BCUT2D eigenvalue weighted by Gasteiger charge is 2.35. The van der Waals surface area contributed by atoms with Crippen LogP contribution in [0.4, 0.5) is 8.78 Å². The molecule has 0 fully saturated rings. The molecule has 0 aliphatic heterocycles. The quantitative estimate of drug-likeness (QED) is 0.130. The summed E-state index contributed by atoms with van der Waals surface area (Å²) in [5, 5.41) is 0. The summed E-state index contributed by atoms with van der Waals surface area (Å²) in [4.78, 5) is 16.8. The Balaban J connectivity index is 1.33. The summed E-state index contributed by atoms with van der Waals surface area (Å²) in [6.45, 7) is 0. The lowest BCUT2D eigenvalue weighted by molar-refractivity contribution is 0.0959. The van der Waals surface area contributed by atoms with Gasteiger partial charge < -0.3 is 0 Å². The van der Waals surface area contributed by atoms with Crippen molar-refractivity contribution in [3.05, 3.63) is 143 Å². The number of alkyl halides is 1. The summed E-state index contributed by atoms with van der Waals surface area (Å²) in [6, 6.07) is 30.2. The number of Topliss-reactive ketones (excluding diaryl/α,β-unsaturated/α-hetero) is 1. The van der Waals surface area contributed by atoms with Gasteiger partial charge in [0.1, 0.15) is 16.5 Å². The summed E-state index contributed by atoms with van der Waals surface area (Å²) < 4.78 is 27.2. The van der Waals surface area contributed by atoms with Crippen molar-refractivity contribution in [2.45, 2.75) is 30.9 Å². The first-order chi connectivity index (χ1) is 17.9.